The summed E-state index contributed by atoms with van der Waals surface area (Å²) in [6, 6.07) is 0. The number of hydrogen-bond acceptors (Lipinski definition) is 6. The number of amidine groups is 2. The first-order chi connectivity index (χ1) is 5.77. The predicted molar refractivity (Wildman–Crippen MR) is 44.6 cm³/mol. The minimum Gasteiger partial charge on any atom is -0.382 e. The van der Waals surface area contributed by atoms with Crippen LogP contribution in [0.25, 0.3) is 0 Å². The Morgan fingerprint density at radius 1 is 1.42 bits per heavy atom. The van der Waals surface area contributed by atoms with Gasteiger partial charge in [0.2, 0.25) is 0 Å². The zero-order valence-corrected chi connectivity index (χ0v) is 6.57. The van der Waals surface area contributed by atoms with Gasteiger partial charge in [0.05, 0.1) is 12.1 Å². The van der Waals surface area contributed by atoms with Gasteiger partial charge in [-0.05, 0) is 6.92 Å². The van der Waals surface area contributed by atoms with Crippen LogP contribution >= 0.6 is 0 Å². The second-order valence-electron chi connectivity index (χ2n) is 2.49. The van der Waals surface area contributed by atoms with Crippen LogP contribution in [-0.2, 0) is 0 Å². The van der Waals surface area contributed by atoms with Crippen LogP contribution in [-0.4, -0.2) is 18.2 Å². The van der Waals surface area contributed by atoms with Gasteiger partial charge in [0.1, 0.15) is 5.84 Å². The minimum absolute atomic E-state index is 0.447. The van der Waals surface area contributed by atoms with E-state index < -0.39 is 0 Å². The number of hydrazone groups is 1. The molecule has 6 nitrogen and oxygen atoms in total. The van der Waals surface area contributed by atoms with Crippen molar-refractivity contribution in [2.75, 3.05) is 6.54 Å². The predicted octanol–water partition coefficient (Wildman–Crippen LogP) is -0.0424. The Balaban J connectivity index is 2.40. The van der Waals surface area contributed by atoms with Crippen molar-refractivity contribution in [2.45, 2.75) is 6.92 Å². The molecule has 0 saturated carbocycles. The molecule has 0 spiro atoms. The highest BCUT2D eigenvalue weighted by atomic mass is 15.3. The molecule has 12 heavy (non-hydrogen) atoms. The molecule has 62 valence electrons. The highest BCUT2D eigenvalue weighted by Gasteiger charge is 2.17. The SMILES string of the molecule is CC1=NC(=C2CNN=C2N)N=N1. The molecule has 0 aromatic carbocycles. The van der Waals surface area contributed by atoms with E-state index in [2.05, 4.69) is 25.7 Å². The molecule has 0 aliphatic carbocycles. The van der Waals surface area contributed by atoms with Gasteiger partial charge in [-0.2, -0.15) is 5.10 Å². The number of aliphatic imine (C=N–C) groups is 1. The van der Waals surface area contributed by atoms with Gasteiger partial charge in [-0.3, -0.25) is 0 Å². The second kappa shape index (κ2) is 2.40. The quantitative estimate of drug-likeness (QED) is 0.526. The second-order valence-corrected chi connectivity index (χ2v) is 2.49. The summed E-state index contributed by atoms with van der Waals surface area (Å²) >= 11 is 0. The average Bonchev–Trinajstić information content (AvgIpc) is 2.58. The van der Waals surface area contributed by atoms with Gasteiger partial charge in [-0.1, -0.05) is 0 Å². The zero-order chi connectivity index (χ0) is 8.55. The molecule has 0 unspecified atom stereocenters. The van der Waals surface area contributed by atoms with Crippen molar-refractivity contribution in [3.63, 3.8) is 0 Å². The number of nitrogens with two attached hydrogens (primary N) is 1. The van der Waals surface area contributed by atoms with Crippen LogP contribution in [0.15, 0.2) is 31.7 Å². The molecular formula is C6H8N6. The van der Waals surface area contributed by atoms with Crippen LogP contribution in [0.1, 0.15) is 6.92 Å². The maximum absolute atomic E-state index is 5.56. The molecule has 2 aliphatic heterocycles. The number of nitrogens with zero attached hydrogens (tertiary/aromatic N) is 4. The van der Waals surface area contributed by atoms with Crippen molar-refractivity contribution in [3.05, 3.63) is 11.4 Å². The maximum Gasteiger partial charge on any atom is 0.185 e. The number of hydrogen-bond donors (Lipinski definition) is 2. The standard InChI is InChI=1S/C6H8N6/c1-3-9-6(12-10-3)4-2-8-11-5(4)7/h8H,2H2,1H3,(H2,7,11). The van der Waals surface area contributed by atoms with Crippen LogP contribution in [0.5, 0.6) is 0 Å². The maximum atomic E-state index is 5.56. The lowest BCUT2D eigenvalue weighted by atomic mass is 10.2. The van der Waals surface area contributed by atoms with Gasteiger partial charge in [-0.15, -0.1) is 10.2 Å². The molecule has 6 heteroatoms. The summed E-state index contributed by atoms with van der Waals surface area (Å²) in [5.41, 5.74) is 9.13. The number of rotatable bonds is 0. The summed E-state index contributed by atoms with van der Waals surface area (Å²) in [6.45, 7) is 2.36. The smallest absolute Gasteiger partial charge is 0.185 e. The van der Waals surface area contributed by atoms with Gasteiger partial charge >= 0.3 is 0 Å². The van der Waals surface area contributed by atoms with E-state index >= 15 is 0 Å². The fourth-order valence-corrected chi connectivity index (χ4v) is 1.00. The third kappa shape index (κ3) is 0.969. The fraction of sp³-hybridized carbons (Fsp3) is 0.333. The Hall–Kier alpha value is -1.72. The van der Waals surface area contributed by atoms with Crippen LogP contribution in [0, 0.1) is 0 Å². The molecule has 0 amide bonds. The van der Waals surface area contributed by atoms with Crippen molar-refractivity contribution < 1.29 is 0 Å². The largest absolute Gasteiger partial charge is 0.382 e. The number of azo groups is 1. The van der Waals surface area contributed by atoms with Crippen molar-refractivity contribution in [1.82, 2.24) is 5.43 Å². The van der Waals surface area contributed by atoms with Crippen molar-refractivity contribution in [3.8, 4) is 0 Å². The third-order valence-corrected chi connectivity index (χ3v) is 1.59. The zero-order valence-electron chi connectivity index (χ0n) is 6.57. The Morgan fingerprint density at radius 3 is 2.75 bits per heavy atom. The Labute approximate surface area is 69.0 Å². The van der Waals surface area contributed by atoms with Gasteiger partial charge in [-0.25, -0.2) is 4.99 Å². The van der Waals surface area contributed by atoms with Crippen LogP contribution < -0.4 is 11.2 Å². The highest BCUT2D eigenvalue weighted by Crippen LogP contribution is 2.16. The molecular weight excluding hydrogens is 156 g/mol. The topological polar surface area (TPSA) is 87.5 Å². The van der Waals surface area contributed by atoms with Crippen molar-refractivity contribution in [1.29, 1.82) is 0 Å². The van der Waals surface area contributed by atoms with Gasteiger partial charge in [0.15, 0.2) is 11.7 Å². The molecule has 2 aliphatic rings. The molecule has 0 radical (unpaired) electrons. The van der Waals surface area contributed by atoms with E-state index in [0.29, 0.717) is 24.0 Å². The first-order valence-corrected chi connectivity index (χ1v) is 3.54. The summed E-state index contributed by atoms with van der Waals surface area (Å²) in [5.74, 6) is 1.67. The van der Waals surface area contributed by atoms with E-state index in [1.54, 1.807) is 6.92 Å². The van der Waals surface area contributed by atoms with E-state index in [1.807, 2.05) is 0 Å². The fourth-order valence-electron chi connectivity index (χ4n) is 1.00. The first kappa shape index (κ1) is 6.96. The first-order valence-electron chi connectivity index (χ1n) is 3.54. The van der Waals surface area contributed by atoms with E-state index in [0.717, 1.165) is 5.57 Å². The van der Waals surface area contributed by atoms with Gasteiger partial charge < -0.3 is 11.2 Å². The van der Waals surface area contributed by atoms with Crippen molar-refractivity contribution in [2.24, 2.45) is 26.1 Å². The summed E-state index contributed by atoms with van der Waals surface area (Å²) in [6.07, 6.45) is 0. The van der Waals surface area contributed by atoms with Crippen LogP contribution in [0.4, 0.5) is 0 Å². The van der Waals surface area contributed by atoms with E-state index in [9.17, 15) is 0 Å². The molecule has 0 aromatic heterocycles. The lowest BCUT2D eigenvalue weighted by Gasteiger charge is -1.94. The van der Waals surface area contributed by atoms with Crippen LogP contribution in [0.3, 0.4) is 0 Å². The Morgan fingerprint density at radius 2 is 2.25 bits per heavy atom. The molecule has 0 fully saturated rings. The Bertz CT molecular complexity index is 334. The summed E-state index contributed by atoms with van der Waals surface area (Å²) in [4.78, 5) is 4.08. The molecule has 0 atom stereocenters. The molecule has 2 rings (SSSR count). The van der Waals surface area contributed by atoms with Gasteiger partial charge in [0, 0.05) is 0 Å². The lowest BCUT2D eigenvalue weighted by Crippen LogP contribution is -2.13. The average molecular weight is 164 g/mol. The molecule has 2 heterocycles. The Kier molecular flexibility index (Phi) is 1.39. The molecule has 0 bridgehead atoms. The van der Waals surface area contributed by atoms with Crippen molar-refractivity contribution >= 4 is 11.7 Å². The minimum atomic E-state index is 0.447. The summed E-state index contributed by atoms with van der Waals surface area (Å²) < 4.78 is 0. The number of nitrogens with one attached hydrogen (secondary N) is 1. The monoisotopic (exact) mass is 164 g/mol. The summed E-state index contributed by atoms with van der Waals surface area (Å²) in [5, 5.41) is 11.4. The summed E-state index contributed by atoms with van der Waals surface area (Å²) in [7, 11) is 0. The van der Waals surface area contributed by atoms with Gasteiger partial charge in [0.25, 0.3) is 0 Å². The van der Waals surface area contributed by atoms with E-state index in [-0.39, 0.29) is 0 Å². The van der Waals surface area contributed by atoms with E-state index in [1.165, 1.54) is 0 Å². The molecule has 0 saturated heterocycles. The third-order valence-electron chi connectivity index (χ3n) is 1.59. The molecule has 3 N–H and O–H groups in total. The lowest BCUT2D eigenvalue weighted by molar-refractivity contribution is 0.849. The normalized spacial score (nSPS) is 27.1. The molecule has 0 aromatic rings. The van der Waals surface area contributed by atoms with E-state index in [4.69, 9.17) is 5.73 Å². The van der Waals surface area contributed by atoms with Crippen LogP contribution in [0.2, 0.25) is 0 Å². The highest BCUT2D eigenvalue weighted by molar-refractivity contribution is 6.00.